The molecule has 0 bridgehead atoms. The smallest absolute Gasteiger partial charge is 0.248 e. The number of rotatable bonds is 6. The van der Waals surface area contributed by atoms with Gasteiger partial charge in [0, 0.05) is 30.3 Å². The highest BCUT2D eigenvalue weighted by atomic mass is 32.2. The minimum absolute atomic E-state index is 0.0860. The van der Waals surface area contributed by atoms with Gasteiger partial charge in [-0.15, -0.1) is 10.2 Å². The molecular formula is C24H25N5O4S. The maximum atomic E-state index is 12.8. The number of primary amides is 1. The molecule has 34 heavy (non-hydrogen) atoms. The molecule has 1 aromatic heterocycles. The highest BCUT2D eigenvalue weighted by Gasteiger charge is 2.27. The Labute approximate surface area is 197 Å². The zero-order chi connectivity index (χ0) is 24.3. The number of anilines is 2. The van der Waals surface area contributed by atoms with Crippen molar-refractivity contribution in [3.05, 3.63) is 71.8 Å². The predicted octanol–water partition coefficient (Wildman–Crippen LogP) is 2.57. The van der Waals surface area contributed by atoms with Crippen molar-refractivity contribution in [2.24, 2.45) is 11.7 Å². The average Bonchev–Trinajstić information content (AvgIpc) is 2.85. The Kier molecular flexibility index (Phi) is 6.60. The Hall–Kier alpha value is -3.79. The van der Waals surface area contributed by atoms with Crippen LogP contribution in [0.4, 0.5) is 11.5 Å². The molecule has 2 heterocycles. The molecule has 3 aromatic rings. The van der Waals surface area contributed by atoms with Gasteiger partial charge in [-0.2, -0.15) is 0 Å². The molecule has 0 aliphatic carbocycles. The minimum atomic E-state index is -3.73. The first kappa shape index (κ1) is 23.4. The van der Waals surface area contributed by atoms with Crippen molar-refractivity contribution in [3.63, 3.8) is 0 Å². The number of hydrogen-bond donors (Lipinski definition) is 2. The molecule has 9 nitrogen and oxygen atoms in total. The summed E-state index contributed by atoms with van der Waals surface area (Å²) in [7, 11) is -3.73. The number of hydrogen-bond acceptors (Lipinski definition) is 7. The van der Waals surface area contributed by atoms with Crippen molar-refractivity contribution < 1.29 is 18.0 Å². The molecule has 2 amide bonds. The molecule has 176 valence electrons. The summed E-state index contributed by atoms with van der Waals surface area (Å²) in [6, 6.07) is 16.1. The molecule has 1 aliphatic rings. The van der Waals surface area contributed by atoms with E-state index in [9.17, 15) is 18.0 Å². The second kappa shape index (κ2) is 9.60. The van der Waals surface area contributed by atoms with E-state index in [1.54, 1.807) is 54.6 Å². The maximum Gasteiger partial charge on any atom is 0.248 e. The SMILES string of the molecule is Cc1ccc(S(=O)(=O)c2ccc(N3CCC(C(=O)Nc4ccc(C(N)=O)cc4)CC3)nn2)cc1. The van der Waals surface area contributed by atoms with Crippen LogP contribution in [0, 0.1) is 12.8 Å². The monoisotopic (exact) mass is 479 g/mol. The molecule has 0 unspecified atom stereocenters. The lowest BCUT2D eigenvalue weighted by atomic mass is 9.95. The van der Waals surface area contributed by atoms with Crippen LogP contribution in [-0.2, 0) is 14.6 Å². The third kappa shape index (κ3) is 5.07. The second-order valence-corrected chi connectivity index (χ2v) is 10.1. The van der Waals surface area contributed by atoms with Gasteiger partial charge < -0.3 is 16.0 Å². The van der Waals surface area contributed by atoms with E-state index in [-0.39, 0.29) is 21.7 Å². The van der Waals surface area contributed by atoms with Crippen LogP contribution < -0.4 is 16.0 Å². The molecule has 2 aromatic carbocycles. The molecule has 3 N–H and O–H groups in total. The first-order valence-electron chi connectivity index (χ1n) is 10.9. The number of aromatic nitrogens is 2. The zero-order valence-electron chi connectivity index (χ0n) is 18.6. The number of carbonyl (C=O) groups excluding carboxylic acids is 2. The van der Waals surface area contributed by atoms with E-state index in [4.69, 9.17) is 5.73 Å². The van der Waals surface area contributed by atoms with Crippen molar-refractivity contribution in [2.75, 3.05) is 23.3 Å². The van der Waals surface area contributed by atoms with E-state index in [0.29, 0.717) is 43.0 Å². The first-order chi connectivity index (χ1) is 16.2. The highest BCUT2D eigenvalue weighted by Crippen LogP contribution is 2.25. The number of carbonyl (C=O) groups is 2. The Bertz CT molecular complexity index is 1280. The Morgan fingerprint density at radius 2 is 1.59 bits per heavy atom. The number of nitrogens with zero attached hydrogens (tertiary/aromatic N) is 3. The fraction of sp³-hybridized carbons (Fsp3) is 0.250. The summed E-state index contributed by atoms with van der Waals surface area (Å²) < 4.78 is 25.5. The molecule has 10 heteroatoms. The van der Waals surface area contributed by atoms with Crippen LogP contribution in [0.2, 0.25) is 0 Å². The number of aryl methyl sites for hydroxylation is 1. The third-order valence-electron chi connectivity index (χ3n) is 5.86. The second-order valence-electron chi connectivity index (χ2n) is 8.24. The lowest BCUT2D eigenvalue weighted by Crippen LogP contribution is -2.38. The first-order valence-corrected chi connectivity index (χ1v) is 12.3. The van der Waals surface area contributed by atoms with Crippen LogP contribution in [0.1, 0.15) is 28.8 Å². The summed E-state index contributed by atoms with van der Waals surface area (Å²) in [5.74, 6) is -0.198. The van der Waals surface area contributed by atoms with Gasteiger partial charge in [0.05, 0.1) is 4.90 Å². The lowest BCUT2D eigenvalue weighted by molar-refractivity contribution is -0.120. The molecule has 0 spiro atoms. The van der Waals surface area contributed by atoms with Gasteiger partial charge in [0.25, 0.3) is 0 Å². The Balaban J connectivity index is 1.35. The summed E-state index contributed by atoms with van der Waals surface area (Å²) in [4.78, 5) is 26.0. The summed E-state index contributed by atoms with van der Waals surface area (Å²) >= 11 is 0. The van der Waals surface area contributed by atoms with Crippen LogP contribution in [0.5, 0.6) is 0 Å². The molecule has 0 radical (unpaired) electrons. The maximum absolute atomic E-state index is 12.8. The van der Waals surface area contributed by atoms with Gasteiger partial charge in [0.2, 0.25) is 21.7 Å². The highest BCUT2D eigenvalue weighted by molar-refractivity contribution is 7.91. The van der Waals surface area contributed by atoms with Gasteiger partial charge in [-0.1, -0.05) is 17.7 Å². The molecule has 4 rings (SSSR count). The topological polar surface area (TPSA) is 135 Å². The predicted molar refractivity (Wildman–Crippen MR) is 127 cm³/mol. The zero-order valence-corrected chi connectivity index (χ0v) is 19.5. The largest absolute Gasteiger partial charge is 0.366 e. The summed E-state index contributed by atoms with van der Waals surface area (Å²) in [5, 5.41) is 10.9. The average molecular weight is 480 g/mol. The van der Waals surface area contributed by atoms with Crippen molar-refractivity contribution >= 4 is 33.2 Å². The molecule has 1 saturated heterocycles. The van der Waals surface area contributed by atoms with Crippen LogP contribution in [0.15, 0.2) is 70.6 Å². The van der Waals surface area contributed by atoms with Crippen LogP contribution in [-0.4, -0.2) is 43.5 Å². The van der Waals surface area contributed by atoms with Crippen molar-refractivity contribution in [3.8, 4) is 0 Å². The van der Waals surface area contributed by atoms with Crippen molar-refractivity contribution in [2.45, 2.75) is 29.7 Å². The summed E-state index contributed by atoms with van der Waals surface area (Å²) in [5.41, 5.74) is 7.19. The number of nitrogens with two attached hydrogens (primary N) is 1. The molecular weight excluding hydrogens is 454 g/mol. The van der Waals surface area contributed by atoms with E-state index in [1.807, 2.05) is 11.8 Å². The van der Waals surface area contributed by atoms with Crippen LogP contribution in [0.25, 0.3) is 0 Å². The molecule has 1 aliphatic heterocycles. The van der Waals surface area contributed by atoms with Crippen molar-refractivity contribution in [1.29, 1.82) is 0 Å². The number of nitrogens with one attached hydrogen (secondary N) is 1. The van der Waals surface area contributed by atoms with Gasteiger partial charge in [-0.25, -0.2) is 8.42 Å². The van der Waals surface area contributed by atoms with Gasteiger partial charge >= 0.3 is 0 Å². The summed E-state index contributed by atoms with van der Waals surface area (Å²) in [6.07, 6.45) is 1.24. The van der Waals surface area contributed by atoms with Gasteiger partial charge in [-0.05, 0) is 68.3 Å². The van der Waals surface area contributed by atoms with Gasteiger partial charge in [0.15, 0.2) is 10.8 Å². The fourth-order valence-electron chi connectivity index (χ4n) is 3.80. The van der Waals surface area contributed by atoms with Crippen LogP contribution >= 0.6 is 0 Å². The molecule has 0 atom stereocenters. The Morgan fingerprint density at radius 3 is 2.15 bits per heavy atom. The lowest BCUT2D eigenvalue weighted by Gasteiger charge is -2.31. The van der Waals surface area contributed by atoms with E-state index < -0.39 is 15.7 Å². The van der Waals surface area contributed by atoms with E-state index >= 15 is 0 Å². The number of piperidine rings is 1. The number of benzene rings is 2. The molecule has 0 saturated carbocycles. The normalized spacial score (nSPS) is 14.6. The van der Waals surface area contributed by atoms with E-state index in [2.05, 4.69) is 15.5 Å². The Morgan fingerprint density at radius 1 is 0.941 bits per heavy atom. The van der Waals surface area contributed by atoms with E-state index in [0.717, 1.165) is 5.56 Å². The van der Waals surface area contributed by atoms with Gasteiger partial charge in [-0.3, -0.25) is 9.59 Å². The van der Waals surface area contributed by atoms with Crippen LogP contribution in [0.3, 0.4) is 0 Å². The fourth-order valence-corrected chi connectivity index (χ4v) is 4.93. The molecule has 1 fully saturated rings. The minimum Gasteiger partial charge on any atom is -0.366 e. The van der Waals surface area contributed by atoms with Crippen molar-refractivity contribution in [1.82, 2.24) is 10.2 Å². The summed E-state index contributed by atoms with van der Waals surface area (Å²) in [6.45, 7) is 3.08. The third-order valence-corrected chi connectivity index (χ3v) is 7.52. The van der Waals surface area contributed by atoms with Gasteiger partial charge in [0.1, 0.15) is 0 Å². The quantitative estimate of drug-likeness (QED) is 0.555. The van der Waals surface area contributed by atoms with E-state index in [1.165, 1.54) is 6.07 Å². The standard InChI is InChI=1S/C24H25N5O4S/c1-16-2-8-20(9-3-16)34(32,33)22-11-10-21(27-28-22)29-14-12-18(13-15-29)24(31)26-19-6-4-17(5-7-19)23(25)30/h2-11,18H,12-15H2,1H3,(H2,25,30)(H,26,31). The number of amides is 2. The number of sulfone groups is 1.